The average Bonchev–Trinajstić information content (AvgIpc) is 2.61. The molecule has 0 saturated heterocycles. The second-order valence-electron chi connectivity index (χ2n) is 3.31. The minimum Gasteiger partial charge on any atom is -0.387 e. The molecule has 9 heavy (non-hydrogen) atoms. The summed E-state index contributed by atoms with van der Waals surface area (Å²) in [6.45, 7) is 0. The van der Waals surface area contributed by atoms with Crippen molar-refractivity contribution in [2.24, 2.45) is 23.7 Å². The first kappa shape index (κ1) is 4.75. The lowest BCUT2D eigenvalue weighted by molar-refractivity contribution is 0.152. The van der Waals surface area contributed by atoms with Crippen molar-refractivity contribution in [2.45, 2.75) is 6.10 Å². The van der Waals surface area contributed by atoms with E-state index in [1.165, 1.54) is 0 Å². The van der Waals surface area contributed by atoms with Gasteiger partial charge in [0.25, 0.3) is 0 Å². The Kier molecular flexibility index (Phi) is 0.572. The van der Waals surface area contributed by atoms with Crippen LogP contribution >= 0.6 is 11.6 Å². The van der Waals surface area contributed by atoms with Gasteiger partial charge in [0, 0.05) is 5.03 Å². The van der Waals surface area contributed by atoms with Gasteiger partial charge < -0.3 is 5.11 Å². The fraction of sp³-hybridized carbons (Fsp3) is 0.714. The van der Waals surface area contributed by atoms with E-state index >= 15 is 0 Å². The summed E-state index contributed by atoms with van der Waals surface area (Å²) in [7, 11) is 0. The van der Waals surface area contributed by atoms with Gasteiger partial charge in [0.15, 0.2) is 0 Å². The Hall–Kier alpha value is -0.0100. The molecule has 0 aliphatic heterocycles. The molecule has 0 aromatic heterocycles. The maximum Gasteiger partial charge on any atom is 0.0926 e. The van der Waals surface area contributed by atoms with E-state index in [1.807, 2.05) is 6.08 Å². The number of aliphatic hydroxyl groups excluding tert-OH is 1. The topological polar surface area (TPSA) is 20.2 Å². The third-order valence-electron chi connectivity index (χ3n) is 2.94. The summed E-state index contributed by atoms with van der Waals surface area (Å²) in [6.07, 6.45) is 1.73. The van der Waals surface area contributed by atoms with Crippen LogP contribution in [0.3, 0.4) is 0 Å². The Morgan fingerprint density at radius 2 is 2.00 bits per heavy atom. The standard InChI is InChI=1S/C7H7ClO/c8-3-1-2-4-5(2)6(4)7(3)9/h1-2,4-7,9H. The minimum absolute atomic E-state index is 0.299. The largest absolute Gasteiger partial charge is 0.387 e. The van der Waals surface area contributed by atoms with Crippen LogP contribution in [0.1, 0.15) is 0 Å². The molecule has 1 nitrogen and oxygen atoms in total. The predicted octanol–water partition coefficient (Wildman–Crippen LogP) is 0.976. The summed E-state index contributed by atoms with van der Waals surface area (Å²) in [4.78, 5) is 0. The molecule has 0 spiro atoms. The molecular weight excluding hydrogens is 136 g/mol. The van der Waals surface area contributed by atoms with Crippen molar-refractivity contribution < 1.29 is 5.11 Å². The van der Waals surface area contributed by atoms with Gasteiger partial charge in [-0.05, 0) is 23.7 Å². The number of allylic oxidation sites excluding steroid dienone is 1. The van der Waals surface area contributed by atoms with E-state index in [0.29, 0.717) is 11.0 Å². The Labute approximate surface area is 58.3 Å². The monoisotopic (exact) mass is 142 g/mol. The zero-order valence-electron chi connectivity index (χ0n) is 4.79. The third kappa shape index (κ3) is 0.366. The molecule has 0 amide bonds. The van der Waals surface area contributed by atoms with Crippen molar-refractivity contribution in [1.82, 2.24) is 0 Å². The van der Waals surface area contributed by atoms with Crippen LogP contribution in [0.5, 0.6) is 0 Å². The Bertz CT molecular complexity index is 201. The molecule has 2 heteroatoms. The predicted molar refractivity (Wildman–Crippen MR) is 33.9 cm³/mol. The fourth-order valence-electron chi connectivity index (χ4n) is 2.25. The third-order valence-corrected chi connectivity index (χ3v) is 3.29. The lowest BCUT2D eigenvalue weighted by Crippen LogP contribution is -2.22. The highest BCUT2D eigenvalue weighted by molar-refractivity contribution is 6.30. The highest BCUT2D eigenvalue weighted by Gasteiger charge is 2.76. The van der Waals surface area contributed by atoms with Gasteiger partial charge in [-0.1, -0.05) is 17.7 Å². The van der Waals surface area contributed by atoms with Gasteiger partial charge in [-0.25, -0.2) is 0 Å². The highest BCUT2D eigenvalue weighted by Crippen LogP contribution is 2.77. The molecule has 0 aromatic carbocycles. The normalized spacial score (nSPS) is 66.4. The van der Waals surface area contributed by atoms with E-state index in [0.717, 1.165) is 17.8 Å². The van der Waals surface area contributed by atoms with Crippen LogP contribution in [0.2, 0.25) is 0 Å². The van der Waals surface area contributed by atoms with Crippen molar-refractivity contribution in [2.75, 3.05) is 0 Å². The first-order valence-corrected chi connectivity index (χ1v) is 3.74. The summed E-state index contributed by atoms with van der Waals surface area (Å²) in [5.41, 5.74) is 0. The van der Waals surface area contributed by atoms with Gasteiger partial charge >= 0.3 is 0 Å². The summed E-state index contributed by atoms with van der Waals surface area (Å²) in [5, 5.41) is 9.99. The Morgan fingerprint density at radius 3 is 2.44 bits per heavy atom. The zero-order valence-corrected chi connectivity index (χ0v) is 5.55. The molecule has 2 fully saturated rings. The first-order valence-electron chi connectivity index (χ1n) is 3.36. The summed E-state index contributed by atoms with van der Waals surface area (Å²) < 4.78 is 0. The molecule has 0 heterocycles. The number of aliphatic hydroxyl groups is 1. The van der Waals surface area contributed by atoms with Gasteiger partial charge in [0.05, 0.1) is 6.10 Å². The first-order chi connectivity index (χ1) is 4.30. The molecule has 3 unspecified atom stereocenters. The molecule has 1 N–H and O–H groups in total. The summed E-state index contributed by atoms with van der Waals surface area (Å²) >= 11 is 5.72. The van der Waals surface area contributed by atoms with E-state index in [1.54, 1.807) is 0 Å². The second kappa shape index (κ2) is 1.08. The van der Waals surface area contributed by atoms with Crippen LogP contribution < -0.4 is 0 Å². The maximum atomic E-state index is 9.30. The Balaban J connectivity index is 2.04. The lowest BCUT2D eigenvalue weighted by atomic mass is 9.93. The molecule has 4 rings (SSSR count). The number of rotatable bonds is 0. The van der Waals surface area contributed by atoms with Crippen LogP contribution in [0.4, 0.5) is 0 Å². The molecule has 4 aliphatic carbocycles. The summed E-state index contributed by atoms with van der Waals surface area (Å²) in [5.74, 6) is 3.00. The highest BCUT2D eigenvalue weighted by atomic mass is 35.5. The summed E-state index contributed by atoms with van der Waals surface area (Å²) in [6, 6.07) is 0. The smallest absolute Gasteiger partial charge is 0.0926 e. The molecular formula is C7H7ClO. The lowest BCUT2D eigenvalue weighted by Gasteiger charge is -2.21. The molecule has 48 valence electrons. The second-order valence-corrected chi connectivity index (χ2v) is 3.74. The molecule has 2 bridgehead atoms. The fourth-order valence-corrected chi connectivity index (χ4v) is 2.54. The van der Waals surface area contributed by atoms with Crippen molar-refractivity contribution in [3.05, 3.63) is 11.1 Å². The number of fused-ring (bicyclic) bond motifs is 1. The van der Waals surface area contributed by atoms with E-state index in [2.05, 4.69) is 0 Å². The van der Waals surface area contributed by atoms with Gasteiger partial charge in [-0.2, -0.15) is 0 Å². The molecule has 4 aliphatic rings. The van der Waals surface area contributed by atoms with Crippen LogP contribution in [-0.4, -0.2) is 11.2 Å². The molecule has 2 saturated carbocycles. The SMILES string of the molecule is OC1C(Cl)=CC2C3C1C23. The van der Waals surface area contributed by atoms with E-state index < -0.39 is 0 Å². The van der Waals surface area contributed by atoms with Gasteiger partial charge in [-0.3, -0.25) is 0 Å². The van der Waals surface area contributed by atoms with Crippen molar-refractivity contribution in [1.29, 1.82) is 0 Å². The van der Waals surface area contributed by atoms with Crippen LogP contribution in [0.25, 0.3) is 0 Å². The van der Waals surface area contributed by atoms with E-state index in [-0.39, 0.29) is 6.10 Å². The minimum atomic E-state index is -0.299. The molecule has 0 radical (unpaired) electrons. The number of hydrogen-bond acceptors (Lipinski definition) is 1. The van der Waals surface area contributed by atoms with E-state index in [4.69, 9.17) is 11.6 Å². The van der Waals surface area contributed by atoms with Crippen molar-refractivity contribution in [3.8, 4) is 0 Å². The number of hydrogen-bond donors (Lipinski definition) is 1. The van der Waals surface area contributed by atoms with E-state index in [9.17, 15) is 5.11 Å². The van der Waals surface area contributed by atoms with Crippen LogP contribution in [-0.2, 0) is 0 Å². The van der Waals surface area contributed by atoms with Crippen LogP contribution in [0, 0.1) is 23.7 Å². The quantitative estimate of drug-likeness (QED) is 0.535. The number of halogens is 1. The molecule has 3 atom stereocenters. The van der Waals surface area contributed by atoms with Gasteiger partial charge in [0.2, 0.25) is 0 Å². The van der Waals surface area contributed by atoms with Crippen molar-refractivity contribution >= 4 is 11.6 Å². The Morgan fingerprint density at radius 1 is 1.33 bits per heavy atom. The average molecular weight is 143 g/mol. The zero-order chi connectivity index (χ0) is 6.17. The van der Waals surface area contributed by atoms with Crippen LogP contribution in [0.15, 0.2) is 11.1 Å². The maximum absolute atomic E-state index is 9.30. The molecule has 0 aromatic rings. The van der Waals surface area contributed by atoms with Gasteiger partial charge in [-0.15, -0.1) is 0 Å². The van der Waals surface area contributed by atoms with Crippen molar-refractivity contribution in [3.63, 3.8) is 0 Å². The van der Waals surface area contributed by atoms with Gasteiger partial charge in [0.1, 0.15) is 0 Å².